The maximum Gasteiger partial charge on any atom is 0.162 e. The minimum Gasteiger partial charge on any atom is -0.493 e. The number of pyridine rings is 1. The topological polar surface area (TPSA) is 43.8 Å². The lowest BCUT2D eigenvalue weighted by Crippen LogP contribution is -2.36. The molecule has 1 aromatic heterocycles. The van der Waals surface area contributed by atoms with E-state index >= 15 is 0 Å². The summed E-state index contributed by atoms with van der Waals surface area (Å²) in [6.45, 7) is 3.31. The maximum absolute atomic E-state index is 5.41. The molecule has 5 nitrogen and oxygen atoms in total. The molecule has 0 spiro atoms. The van der Waals surface area contributed by atoms with Crippen molar-refractivity contribution in [3.05, 3.63) is 24.4 Å². The fourth-order valence-corrected chi connectivity index (χ4v) is 2.54. The molecule has 1 saturated heterocycles. The number of anilines is 1. The SMILES string of the molecule is COc1cc2nccc(N3CCOCC3)c2cc1OC. The molecule has 106 valence electrons. The van der Waals surface area contributed by atoms with Gasteiger partial charge >= 0.3 is 0 Å². The summed E-state index contributed by atoms with van der Waals surface area (Å²) in [5, 5.41) is 1.08. The lowest BCUT2D eigenvalue weighted by atomic mass is 10.1. The fraction of sp³-hybridized carbons (Fsp3) is 0.400. The highest BCUT2D eigenvalue weighted by molar-refractivity contribution is 5.94. The van der Waals surface area contributed by atoms with Crippen molar-refractivity contribution in [2.24, 2.45) is 0 Å². The normalized spacial score (nSPS) is 15.4. The Morgan fingerprint density at radius 3 is 2.50 bits per heavy atom. The number of rotatable bonds is 3. The van der Waals surface area contributed by atoms with Gasteiger partial charge in [0.1, 0.15) is 0 Å². The standard InChI is InChI=1S/C15H18N2O3/c1-18-14-9-11-12(10-15(14)19-2)16-4-3-13(11)17-5-7-20-8-6-17/h3-4,9-10H,5-8H2,1-2H3. The molecule has 5 heteroatoms. The molecule has 2 aromatic rings. The molecule has 0 saturated carbocycles. The van der Waals surface area contributed by atoms with Crippen LogP contribution in [0.3, 0.4) is 0 Å². The molecule has 1 aromatic carbocycles. The molecule has 0 aliphatic carbocycles. The van der Waals surface area contributed by atoms with E-state index < -0.39 is 0 Å². The average Bonchev–Trinajstić information content (AvgIpc) is 2.53. The second kappa shape index (κ2) is 5.54. The highest BCUT2D eigenvalue weighted by Crippen LogP contribution is 2.35. The lowest BCUT2D eigenvalue weighted by Gasteiger charge is -2.29. The van der Waals surface area contributed by atoms with Crippen molar-refractivity contribution in [3.63, 3.8) is 0 Å². The first-order valence-corrected chi connectivity index (χ1v) is 6.67. The van der Waals surface area contributed by atoms with Gasteiger partial charge in [-0.2, -0.15) is 0 Å². The third kappa shape index (κ3) is 2.25. The molecule has 3 rings (SSSR count). The van der Waals surface area contributed by atoms with E-state index in [0.717, 1.165) is 43.0 Å². The van der Waals surface area contributed by atoms with E-state index in [-0.39, 0.29) is 0 Å². The zero-order valence-corrected chi connectivity index (χ0v) is 11.8. The number of morpholine rings is 1. The fourth-order valence-electron chi connectivity index (χ4n) is 2.54. The molecular formula is C15H18N2O3. The minimum atomic E-state index is 0.701. The van der Waals surface area contributed by atoms with E-state index in [0.29, 0.717) is 5.75 Å². The van der Waals surface area contributed by atoms with Gasteiger partial charge in [-0.1, -0.05) is 0 Å². The van der Waals surface area contributed by atoms with Crippen molar-refractivity contribution in [3.8, 4) is 11.5 Å². The van der Waals surface area contributed by atoms with Gasteiger partial charge in [0.25, 0.3) is 0 Å². The number of aromatic nitrogens is 1. The second-order valence-corrected chi connectivity index (χ2v) is 4.65. The van der Waals surface area contributed by atoms with Crippen LogP contribution >= 0.6 is 0 Å². The summed E-state index contributed by atoms with van der Waals surface area (Å²) >= 11 is 0. The van der Waals surface area contributed by atoms with Crippen molar-refractivity contribution in [2.75, 3.05) is 45.4 Å². The predicted octanol–water partition coefficient (Wildman–Crippen LogP) is 2.09. The Hall–Kier alpha value is -2.01. The third-order valence-electron chi connectivity index (χ3n) is 3.58. The molecule has 1 aliphatic heterocycles. The average molecular weight is 274 g/mol. The molecular weight excluding hydrogens is 256 g/mol. The van der Waals surface area contributed by atoms with Crippen LogP contribution in [-0.2, 0) is 4.74 Å². The third-order valence-corrected chi connectivity index (χ3v) is 3.58. The van der Waals surface area contributed by atoms with Crippen LogP contribution < -0.4 is 14.4 Å². The van der Waals surface area contributed by atoms with E-state index in [9.17, 15) is 0 Å². The van der Waals surface area contributed by atoms with Gasteiger partial charge in [0.15, 0.2) is 11.5 Å². The van der Waals surface area contributed by atoms with Crippen molar-refractivity contribution in [1.82, 2.24) is 4.98 Å². The van der Waals surface area contributed by atoms with Crippen LogP contribution in [0.15, 0.2) is 24.4 Å². The second-order valence-electron chi connectivity index (χ2n) is 4.65. The number of hydrogen-bond acceptors (Lipinski definition) is 5. The molecule has 0 N–H and O–H groups in total. The molecule has 1 aliphatic rings. The van der Waals surface area contributed by atoms with Crippen LogP contribution in [-0.4, -0.2) is 45.5 Å². The Morgan fingerprint density at radius 2 is 1.80 bits per heavy atom. The van der Waals surface area contributed by atoms with Crippen LogP contribution in [0.4, 0.5) is 5.69 Å². The Kier molecular flexibility index (Phi) is 3.60. The summed E-state index contributed by atoms with van der Waals surface area (Å²) in [5.41, 5.74) is 2.07. The van der Waals surface area contributed by atoms with E-state index in [1.807, 2.05) is 24.4 Å². The predicted molar refractivity (Wildman–Crippen MR) is 77.9 cm³/mol. The van der Waals surface area contributed by atoms with E-state index in [1.54, 1.807) is 14.2 Å². The van der Waals surface area contributed by atoms with Gasteiger partial charge in [0.2, 0.25) is 0 Å². The van der Waals surface area contributed by atoms with Crippen molar-refractivity contribution >= 4 is 16.6 Å². The molecule has 20 heavy (non-hydrogen) atoms. The lowest BCUT2D eigenvalue weighted by molar-refractivity contribution is 0.123. The number of ether oxygens (including phenoxy) is 3. The summed E-state index contributed by atoms with van der Waals surface area (Å²) in [6, 6.07) is 5.95. The van der Waals surface area contributed by atoms with Gasteiger partial charge in [-0.25, -0.2) is 0 Å². The monoisotopic (exact) mass is 274 g/mol. The summed E-state index contributed by atoms with van der Waals surface area (Å²) < 4.78 is 16.1. The number of methoxy groups -OCH3 is 2. The van der Waals surface area contributed by atoms with E-state index in [4.69, 9.17) is 14.2 Å². The van der Waals surface area contributed by atoms with Gasteiger partial charge in [-0.05, 0) is 12.1 Å². The molecule has 1 fully saturated rings. The van der Waals surface area contributed by atoms with Crippen LogP contribution in [0, 0.1) is 0 Å². The highest BCUT2D eigenvalue weighted by Gasteiger charge is 2.16. The first-order valence-electron chi connectivity index (χ1n) is 6.67. The highest BCUT2D eigenvalue weighted by atomic mass is 16.5. The molecule has 0 radical (unpaired) electrons. The summed E-state index contributed by atoms with van der Waals surface area (Å²) in [4.78, 5) is 6.75. The Labute approximate surface area is 118 Å². The molecule has 2 heterocycles. The zero-order valence-electron chi connectivity index (χ0n) is 11.8. The molecule has 0 atom stereocenters. The van der Waals surface area contributed by atoms with Crippen LogP contribution in [0.2, 0.25) is 0 Å². The van der Waals surface area contributed by atoms with Gasteiger partial charge < -0.3 is 19.1 Å². The number of fused-ring (bicyclic) bond motifs is 1. The first-order chi connectivity index (χ1) is 9.83. The number of nitrogens with zero attached hydrogens (tertiary/aromatic N) is 2. The van der Waals surface area contributed by atoms with Crippen molar-refractivity contribution < 1.29 is 14.2 Å². The van der Waals surface area contributed by atoms with Crippen LogP contribution in [0.25, 0.3) is 10.9 Å². The summed E-state index contributed by atoms with van der Waals surface area (Å²) in [5.74, 6) is 1.43. The molecule has 0 amide bonds. The van der Waals surface area contributed by atoms with Crippen LogP contribution in [0.1, 0.15) is 0 Å². The number of benzene rings is 1. The minimum absolute atomic E-state index is 0.701. The Bertz CT molecular complexity index is 609. The summed E-state index contributed by atoms with van der Waals surface area (Å²) in [6.07, 6.45) is 1.83. The van der Waals surface area contributed by atoms with E-state index in [2.05, 4.69) is 9.88 Å². The zero-order chi connectivity index (χ0) is 13.9. The van der Waals surface area contributed by atoms with Gasteiger partial charge in [0, 0.05) is 36.4 Å². The molecule has 0 unspecified atom stereocenters. The van der Waals surface area contributed by atoms with Gasteiger partial charge in [0.05, 0.1) is 33.0 Å². The van der Waals surface area contributed by atoms with Crippen molar-refractivity contribution in [1.29, 1.82) is 0 Å². The quantitative estimate of drug-likeness (QED) is 0.857. The van der Waals surface area contributed by atoms with Crippen molar-refractivity contribution in [2.45, 2.75) is 0 Å². The molecule has 0 bridgehead atoms. The Balaban J connectivity index is 2.12. The smallest absolute Gasteiger partial charge is 0.162 e. The van der Waals surface area contributed by atoms with E-state index in [1.165, 1.54) is 5.69 Å². The van der Waals surface area contributed by atoms with Crippen LogP contribution in [0.5, 0.6) is 11.5 Å². The number of hydrogen-bond donors (Lipinski definition) is 0. The first kappa shape index (κ1) is 13.0. The maximum atomic E-state index is 5.41. The largest absolute Gasteiger partial charge is 0.493 e. The Morgan fingerprint density at radius 1 is 1.10 bits per heavy atom. The summed E-state index contributed by atoms with van der Waals surface area (Å²) in [7, 11) is 3.28. The van der Waals surface area contributed by atoms with Gasteiger partial charge in [-0.15, -0.1) is 0 Å². The van der Waals surface area contributed by atoms with Gasteiger partial charge in [-0.3, -0.25) is 4.98 Å².